The Morgan fingerprint density at radius 2 is 1.92 bits per heavy atom. The van der Waals surface area contributed by atoms with E-state index in [-0.39, 0.29) is 11.3 Å². The molecule has 2 aromatic carbocycles. The number of nitrogens with one attached hydrogen (secondary N) is 1. The number of carbonyl (C=O) groups is 1. The van der Waals surface area contributed by atoms with Gasteiger partial charge in [-0.1, -0.05) is 30.3 Å². The molecule has 2 aliphatic rings. The normalized spacial score (nSPS) is 22.9. The zero-order valence-electron chi connectivity index (χ0n) is 14.2. The maximum absolute atomic E-state index is 12.3. The third kappa shape index (κ3) is 2.57. The molecule has 0 fully saturated rings. The van der Waals surface area contributed by atoms with Crippen molar-refractivity contribution in [3.8, 4) is 16.9 Å². The molecule has 0 saturated carbocycles. The van der Waals surface area contributed by atoms with Gasteiger partial charge in [-0.3, -0.25) is 0 Å². The molecule has 0 aromatic heterocycles. The molecule has 1 atom stereocenters. The minimum absolute atomic E-state index is 0.0347. The van der Waals surface area contributed by atoms with Gasteiger partial charge in [0.1, 0.15) is 17.1 Å². The van der Waals surface area contributed by atoms with Crippen LogP contribution in [0.15, 0.2) is 70.1 Å². The number of ether oxygens (including phenoxy) is 2. The van der Waals surface area contributed by atoms with Crippen molar-refractivity contribution in [2.75, 3.05) is 5.32 Å². The Balaban J connectivity index is 1.84. The number of anilines is 1. The lowest BCUT2D eigenvalue weighted by Gasteiger charge is -2.31. The summed E-state index contributed by atoms with van der Waals surface area (Å²) in [5, 5.41) is 13.3. The standard InChI is InChI=1S/C20H16BrNO4/c1-11-10-20(17(12(2)23)19(24)25-11)22-16-9-14(8-15(21)18(16)26-20)13-6-4-3-5-7-13/h3-10,22-23H,1-2H3/b17-12-. The average molecular weight is 414 g/mol. The van der Waals surface area contributed by atoms with Crippen LogP contribution in [0.3, 0.4) is 0 Å². The monoisotopic (exact) mass is 413 g/mol. The Hall–Kier alpha value is -2.73. The van der Waals surface area contributed by atoms with Crippen molar-refractivity contribution in [2.45, 2.75) is 19.6 Å². The Labute approximate surface area is 159 Å². The van der Waals surface area contributed by atoms with Gasteiger partial charge < -0.3 is 19.9 Å². The van der Waals surface area contributed by atoms with Crippen LogP contribution < -0.4 is 10.1 Å². The van der Waals surface area contributed by atoms with Crippen molar-refractivity contribution < 1.29 is 19.4 Å². The second kappa shape index (κ2) is 5.92. The maximum Gasteiger partial charge on any atom is 0.349 e. The second-order valence-corrected chi connectivity index (χ2v) is 7.12. The molecule has 0 bridgehead atoms. The number of carbonyl (C=O) groups excluding carboxylic acids is 1. The summed E-state index contributed by atoms with van der Waals surface area (Å²) in [7, 11) is 0. The quantitative estimate of drug-likeness (QED) is 0.394. The minimum Gasteiger partial charge on any atom is -0.512 e. The summed E-state index contributed by atoms with van der Waals surface area (Å²) in [6.07, 6.45) is 1.65. The van der Waals surface area contributed by atoms with E-state index in [1.165, 1.54) is 6.92 Å². The van der Waals surface area contributed by atoms with Crippen molar-refractivity contribution in [1.29, 1.82) is 0 Å². The zero-order chi connectivity index (χ0) is 18.5. The van der Waals surface area contributed by atoms with Crippen LogP contribution in [0.2, 0.25) is 0 Å². The summed E-state index contributed by atoms with van der Waals surface area (Å²) in [6, 6.07) is 13.9. The van der Waals surface area contributed by atoms with Gasteiger partial charge >= 0.3 is 5.97 Å². The highest BCUT2D eigenvalue weighted by Gasteiger charge is 2.50. The van der Waals surface area contributed by atoms with E-state index in [4.69, 9.17) is 9.47 Å². The van der Waals surface area contributed by atoms with Gasteiger partial charge in [0.25, 0.3) is 0 Å². The maximum atomic E-state index is 12.3. The molecule has 26 heavy (non-hydrogen) atoms. The molecule has 2 aromatic rings. The topological polar surface area (TPSA) is 67.8 Å². The fourth-order valence-electron chi connectivity index (χ4n) is 3.31. The van der Waals surface area contributed by atoms with Gasteiger partial charge in [-0.05, 0) is 53.0 Å². The molecule has 0 radical (unpaired) electrons. The first kappa shape index (κ1) is 16.7. The highest BCUT2D eigenvalue weighted by Crippen LogP contribution is 2.49. The van der Waals surface area contributed by atoms with Gasteiger partial charge in [0.05, 0.1) is 10.2 Å². The van der Waals surface area contributed by atoms with Crippen LogP contribution >= 0.6 is 15.9 Å². The van der Waals surface area contributed by atoms with Crippen molar-refractivity contribution in [1.82, 2.24) is 0 Å². The predicted molar refractivity (Wildman–Crippen MR) is 102 cm³/mol. The van der Waals surface area contributed by atoms with Gasteiger partial charge in [0.15, 0.2) is 5.75 Å². The number of fused-ring (bicyclic) bond motifs is 1. The SMILES string of the molecule is CC1=CC2(Nc3cc(-c4ccccc4)cc(Br)c3O2)/C(=C(/C)O)C(=O)O1. The average Bonchev–Trinajstić information content (AvgIpc) is 2.92. The minimum atomic E-state index is -1.29. The lowest BCUT2D eigenvalue weighted by Crippen LogP contribution is -2.47. The number of esters is 1. The molecule has 6 heteroatoms. The number of cyclic esters (lactones) is 1. The molecule has 4 rings (SSSR count). The first-order valence-corrected chi connectivity index (χ1v) is 8.87. The molecule has 132 valence electrons. The highest BCUT2D eigenvalue weighted by molar-refractivity contribution is 9.10. The number of halogens is 1. The van der Waals surface area contributed by atoms with Gasteiger partial charge in [-0.25, -0.2) is 4.79 Å². The molecular weight excluding hydrogens is 398 g/mol. The molecule has 1 spiro atoms. The van der Waals surface area contributed by atoms with Gasteiger partial charge in [0, 0.05) is 6.08 Å². The number of hydrogen-bond acceptors (Lipinski definition) is 5. The molecule has 0 aliphatic carbocycles. The molecule has 1 unspecified atom stereocenters. The number of benzene rings is 2. The highest BCUT2D eigenvalue weighted by atomic mass is 79.9. The van der Waals surface area contributed by atoms with Crippen LogP contribution in [0.1, 0.15) is 13.8 Å². The lowest BCUT2D eigenvalue weighted by atomic mass is 9.98. The summed E-state index contributed by atoms with van der Waals surface area (Å²) < 4.78 is 12.0. The van der Waals surface area contributed by atoms with E-state index in [9.17, 15) is 9.90 Å². The number of hydrogen-bond donors (Lipinski definition) is 2. The fraction of sp³-hybridized carbons (Fsp3) is 0.150. The molecule has 5 nitrogen and oxygen atoms in total. The van der Waals surface area contributed by atoms with Crippen molar-refractivity contribution >= 4 is 27.6 Å². The van der Waals surface area contributed by atoms with E-state index in [2.05, 4.69) is 21.2 Å². The number of allylic oxidation sites excluding steroid dienone is 2. The Morgan fingerprint density at radius 1 is 1.19 bits per heavy atom. The summed E-state index contributed by atoms with van der Waals surface area (Å²) in [5.41, 5.74) is 1.51. The zero-order valence-corrected chi connectivity index (χ0v) is 15.8. The van der Waals surface area contributed by atoms with E-state index in [1.54, 1.807) is 13.0 Å². The largest absolute Gasteiger partial charge is 0.512 e. The summed E-state index contributed by atoms with van der Waals surface area (Å²) in [5.74, 6) is 0.185. The second-order valence-electron chi connectivity index (χ2n) is 6.27. The number of aliphatic hydroxyl groups excluding tert-OH is 1. The molecular formula is C20H16BrNO4. The van der Waals surface area contributed by atoms with Gasteiger partial charge in [-0.2, -0.15) is 0 Å². The number of rotatable bonds is 1. The molecule has 2 heterocycles. The van der Waals surface area contributed by atoms with E-state index >= 15 is 0 Å². The van der Waals surface area contributed by atoms with Crippen LogP contribution in [-0.4, -0.2) is 16.8 Å². The van der Waals surface area contributed by atoms with Crippen LogP contribution in [0.5, 0.6) is 5.75 Å². The van der Waals surface area contributed by atoms with Crippen LogP contribution in [0, 0.1) is 0 Å². The number of aliphatic hydroxyl groups is 1. The third-order valence-electron chi connectivity index (χ3n) is 4.33. The first-order valence-electron chi connectivity index (χ1n) is 8.08. The van der Waals surface area contributed by atoms with Gasteiger partial charge in [0.2, 0.25) is 5.72 Å². The predicted octanol–water partition coefficient (Wildman–Crippen LogP) is 4.91. The Kier molecular flexibility index (Phi) is 3.80. The Morgan fingerprint density at radius 3 is 2.62 bits per heavy atom. The summed E-state index contributed by atoms with van der Waals surface area (Å²) in [6.45, 7) is 3.10. The molecule has 0 saturated heterocycles. The van der Waals surface area contributed by atoms with E-state index in [1.807, 2.05) is 42.5 Å². The third-order valence-corrected chi connectivity index (χ3v) is 4.92. The first-order chi connectivity index (χ1) is 12.4. The van der Waals surface area contributed by atoms with Crippen LogP contribution in [0.4, 0.5) is 5.69 Å². The van der Waals surface area contributed by atoms with Crippen molar-refractivity contribution in [3.05, 3.63) is 70.1 Å². The van der Waals surface area contributed by atoms with Crippen LogP contribution in [0.25, 0.3) is 11.1 Å². The van der Waals surface area contributed by atoms with E-state index < -0.39 is 11.7 Å². The van der Waals surface area contributed by atoms with Crippen molar-refractivity contribution in [3.63, 3.8) is 0 Å². The van der Waals surface area contributed by atoms with E-state index in [0.717, 1.165) is 21.3 Å². The smallest absolute Gasteiger partial charge is 0.349 e. The Bertz CT molecular complexity index is 977. The van der Waals surface area contributed by atoms with Crippen LogP contribution in [-0.2, 0) is 9.53 Å². The van der Waals surface area contributed by atoms with E-state index in [0.29, 0.717) is 11.5 Å². The molecule has 2 aliphatic heterocycles. The molecule has 0 amide bonds. The summed E-state index contributed by atoms with van der Waals surface area (Å²) in [4.78, 5) is 12.3. The van der Waals surface area contributed by atoms with Gasteiger partial charge in [-0.15, -0.1) is 0 Å². The molecule has 2 N–H and O–H groups in total. The summed E-state index contributed by atoms with van der Waals surface area (Å²) >= 11 is 3.55. The fourth-order valence-corrected chi connectivity index (χ4v) is 3.85. The van der Waals surface area contributed by atoms with Crippen molar-refractivity contribution in [2.24, 2.45) is 0 Å². The lowest BCUT2D eigenvalue weighted by molar-refractivity contribution is -0.138.